The molecular formula is C12H8N4OS. The fourth-order valence-electron chi connectivity index (χ4n) is 1.65. The first kappa shape index (κ1) is 10.8. The number of benzene rings is 1. The fraction of sp³-hybridized carbons (Fsp3) is 0. The summed E-state index contributed by atoms with van der Waals surface area (Å²) >= 11 is 1.16. The molecule has 2 heterocycles. The highest BCUT2D eigenvalue weighted by Gasteiger charge is 2.07. The number of nitrogens with one attached hydrogen (secondary N) is 1. The summed E-state index contributed by atoms with van der Waals surface area (Å²) in [6.07, 6.45) is 2.41. The van der Waals surface area contributed by atoms with E-state index in [0.29, 0.717) is 11.4 Å². The van der Waals surface area contributed by atoms with Crippen LogP contribution in [-0.2, 0) is 0 Å². The van der Waals surface area contributed by atoms with Gasteiger partial charge in [0.15, 0.2) is 6.29 Å². The third-order valence-electron chi connectivity index (χ3n) is 2.50. The van der Waals surface area contributed by atoms with Crippen molar-refractivity contribution in [2.75, 3.05) is 5.32 Å². The molecule has 1 aromatic carbocycles. The van der Waals surface area contributed by atoms with Gasteiger partial charge in [0.25, 0.3) is 0 Å². The number of hydrogen-bond acceptors (Lipinski definition) is 6. The van der Waals surface area contributed by atoms with Gasteiger partial charge in [0.2, 0.25) is 0 Å². The van der Waals surface area contributed by atoms with Gasteiger partial charge in [-0.05, 0) is 24.3 Å². The van der Waals surface area contributed by atoms with Gasteiger partial charge in [-0.3, -0.25) is 4.79 Å². The van der Waals surface area contributed by atoms with E-state index < -0.39 is 0 Å². The maximum absolute atomic E-state index is 10.9. The van der Waals surface area contributed by atoms with E-state index in [2.05, 4.69) is 19.0 Å². The largest absolute Gasteiger partial charge is 0.338 e. The van der Waals surface area contributed by atoms with Crippen molar-refractivity contribution in [1.82, 2.24) is 13.7 Å². The van der Waals surface area contributed by atoms with Gasteiger partial charge >= 0.3 is 0 Å². The molecule has 3 aromatic rings. The van der Waals surface area contributed by atoms with Crippen LogP contribution in [0.25, 0.3) is 11.0 Å². The summed E-state index contributed by atoms with van der Waals surface area (Å²) in [6, 6.07) is 9.09. The number of anilines is 2. The van der Waals surface area contributed by atoms with E-state index in [1.807, 2.05) is 18.2 Å². The lowest BCUT2D eigenvalue weighted by atomic mass is 10.2. The van der Waals surface area contributed by atoms with Crippen LogP contribution in [0.3, 0.4) is 0 Å². The molecule has 2 aromatic heterocycles. The van der Waals surface area contributed by atoms with Gasteiger partial charge in [-0.15, -0.1) is 0 Å². The quantitative estimate of drug-likeness (QED) is 0.730. The van der Waals surface area contributed by atoms with Gasteiger partial charge in [0.05, 0.1) is 23.0 Å². The van der Waals surface area contributed by atoms with Gasteiger partial charge in [0.1, 0.15) is 16.9 Å². The molecule has 0 unspecified atom stereocenters. The Kier molecular flexibility index (Phi) is 2.70. The highest BCUT2D eigenvalue weighted by Crippen LogP contribution is 2.24. The van der Waals surface area contributed by atoms with Crippen LogP contribution >= 0.6 is 11.7 Å². The molecule has 0 radical (unpaired) electrons. The van der Waals surface area contributed by atoms with Crippen molar-refractivity contribution in [2.45, 2.75) is 0 Å². The average molecular weight is 256 g/mol. The van der Waals surface area contributed by atoms with Crippen LogP contribution in [0.1, 0.15) is 10.4 Å². The summed E-state index contributed by atoms with van der Waals surface area (Å²) in [6.45, 7) is 0. The van der Waals surface area contributed by atoms with E-state index >= 15 is 0 Å². The minimum atomic E-state index is 0.512. The molecule has 0 spiro atoms. The molecule has 3 rings (SSSR count). The zero-order valence-corrected chi connectivity index (χ0v) is 10.0. The Labute approximate surface area is 107 Å². The van der Waals surface area contributed by atoms with Crippen LogP contribution in [-0.4, -0.2) is 20.0 Å². The number of rotatable bonds is 3. The van der Waals surface area contributed by atoms with E-state index in [-0.39, 0.29) is 0 Å². The Bertz CT molecular complexity index is 710. The lowest BCUT2D eigenvalue weighted by molar-refractivity contribution is 0.112. The highest BCUT2D eigenvalue weighted by molar-refractivity contribution is 7.00. The molecule has 6 heteroatoms. The number of pyridine rings is 1. The molecule has 1 N–H and O–H groups in total. The first-order valence-corrected chi connectivity index (χ1v) is 6.00. The summed E-state index contributed by atoms with van der Waals surface area (Å²) in [5.74, 6) is 0.521. The summed E-state index contributed by atoms with van der Waals surface area (Å²) in [7, 11) is 0. The van der Waals surface area contributed by atoms with Crippen molar-refractivity contribution in [1.29, 1.82) is 0 Å². The maximum Gasteiger partial charge on any atom is 0.153 e. The van der Waals surface area contributed by atoms with Crippen molar-refractivity contribution >= 4 is 40.6 Å². The van der Waals surface area contributed by atoms with Gasteiger partial charge in [-0.1, -0.05) is 6.07 Å². The van der Waals surface area contributed by atoms with Crippen LogP contribution in [0.15, 0.2) is 36.5 Å². The number of carbonyl (C=O) groups is 1. The Hall–Kier alpha value is -2.34. The second kappa shape index (κ2) is 4.50. The average Bonchev–Trinajstić information content (AvgIpc) is 2.89. The highest BCUT2D eigenvalue weighted by atomic mass is 32.1. The fourth-order valence-corrected chi connectivity index (χ4v) is 2.20. The standard InChI is InChI=1S/C12H8N4OS/c17-7-8-3-2-6-13-12(8)14-9-4-1-5-10-11(9)16-18-15-10/h1-7H,(H,13,14). The predicted octanol–water partition coefficient (Wildman–Crippen LogP) is 2.64. The lowest BCUT2D eigenvalue weighted by Crippen LogP contribution is -1.98. The minimum absolute atomic E-state index is 0.512. The third kappa shape index (κ3) is 1.82. The van der Waals surface area contributed by atoms with Crippen LogP contribution < -0.4 is 5.32 Å². The molecule has 0 bridgehead atoms. The van der Waals surface area contributed by atoms with Crippen LogP contribution in [0.4, 0.5) is 11.5 Å². The van der Waals surface area contributed by atoms with E-state index in [1.165, 1.54) is 0 Å². The molecule has 0 aliphatic carbocycles. The molecule has 88 valence electrons. The smallest absolute Gasteiger partial charge is 0.153 e. The van der Waals surface area contributed by atoms with Crippen LogP contribution in [0.2, 0.25) is 0 Å². The SMILES string of the molecule is O=Cc1cccnc1Nc1cccc2nsnc12. The van der Waals surface area contributed by atoms with Crippen molar-refractivity contribution in [2.24, 2.45) is 0 Å². The van der Waals surface area contributed by atoms with Crippen molar-refractivity contribution in [3.63, 3.8) is 0 Å². The Balaban J connectivity index is 2.06. The summed E-state index contributed by atoms with van der Waals surface area (Å²) in [5, 5.41) is 3.11. The van der Waals surface area contributed by atoms with E-state index in [4.69, 9.17) is 0 Å². The molecule has 0 saturated carbocycles. The number of carbonyl (C=O) groups excluding carboxylic acids is 1. The molecular weight excluding hydrogens is 248 g/mol. The molecule has 0 aliphatic heterocycles. The normalized spacial score (nSPS) is 10.4. The zero-order valence-electron chi connectivity index (χ0n) is 9.20. The van der Waals surface area contributed by atoms with E-state index in [1.54, 1.807) is 18.3 Å². The monoisotopic (exact) mass is 256 g/mol. The lowest BCUT2D eigenvalue weighted by Gasteiger charge is -2.07. The van der Waals surface area contributed by atoms with E-state index in [0.717, 1.165) is 34.7 Å². The molecule has 0 amide bonds. The van der Waals surface area contributed by atoms with E-state index in [9.17, 15) is 4.79 Å². The van der Waals surface area contributed by atoms with Gasteiger partial charge in [-0.2, -0.15) is 8.75 Å². The number of nitrogens with zero attached hydrogens (tertiary/aromatic N) is 3. The number of hydrogen-bond donors (Lipinski definition) is 1. The van der Waals surface area contributed by atoms with Gasteiger partial charge in [0, 0.05) is 6.20 Å². The van der Waals surface area contributed by atoms with Crippen molar-refractivity contribution in [3.8, 4) is 0 Å². The van der Waals surface area contributed by atoms with Crippen molar-refractivity contribution < 1.29 is 4.79 Å². The van der Waals surface area contributed by atoms with Gasteiger partial charge < -0.3 is 5.32 Å². The first-order valence-electron chi connectivity index (χ1n) is 5.27. The second-order valence-electron chi connectivity index (χ2n) is 3.62. The molecule has 0 aliphatic rings. The molecule has 0 fully saturated rings. The topological polar surface area (TPSA) is 67.8 Å². The summed E-state index contributed by atoms with van der Waals surface area (Å²) in [4.78, 5) is 15.1. The first-order chi connectivity index (χ1) is 8.88. The summed E-state index contributed by atoms with van der Waals surface area (Å²) < 4.78 is 8.39. The molecule has 18 heavy (non-hydrogen) atoms. The molecule has 5 nitrogen and oxygen atoms in total. The number of fused-ring (bicyclic) bond motifs is 1. The second-order valence-corrected chi connectivity index (χ2v) is 4.15. The Morgan fingerprint density at radius 3 is 3.00 bits per heavy atom. The third-order valence-corrected chi connectivity index (χ3v) is 3.05. The van der Waals surface area contributed by atoms with Crippen molar-refractivity contribution in [3.05, 3.63) is 42.1 Å². The Morgan fingerprint density at radius 2 is 2.11 bits per heavy atom. The number of aldehydes is 1. The maximum atomic E-state index is 10.9. The predicted molar refractivity (Wildman–Crippen MR) is 70.3 cm³/mol. The van der Waals surface area contributed by atoms with Crippen LogP contribution in [0.5, 0.6) is 0 Å². The summed E-state index contributed by atoms with van der Waals surface area (Å²) in [5.41, 5.74) is 2.92. The van der Waals surface area contributed by atoms with Crippen LogP contribution in [0, 0.1) is 0 Å². The Morgan fingerprint density at radius 1 is 1.17 bits per heavy atom. The number of aromatic nitrogens is 3. The minimum Gasteiger partial charge on any atom is -0.338 e. The zero-order chi connectivity index (χ0) is 12.4. The molecule has 0 atom stereocenters. The van der Waals surface area contributed by atoms with Gasteiger partial charge in [-0.25, -0.2) is 4.98 Å². The molecule has 0 saturated heterocycles.